The second-order valence-corrected chi connectivity index (χ2v) is 7.69. The number of fused-ring (bicyclic) bond motifs is 1. The highest BCUT2D eigenvalue weighted by Gasteiger charge is 2.33. The van der Waals surface area contributed by atoms with Crippen LogP contribution in [0.2, 0.25) is 0 Å². The average molecular weight is 447 g/mol. The van der Waals surface area contributed by atoms with E-state index in [1.54, 1.807) is 23.1 Å². The number of para-hydroxylation sites is 1. The molecule has 2 heterocycles. The predicted octanol–water partition coefficient (Wildman–Crippen LogP) is 3.59. The molecule has 1 fully saturated rings. The number of carbonyl (C=O) groups excluding carboxylic acids is 1. The van der Waals surface area contributed by atoms with E-state index in [0.29, 0.717) is 23.4 Å². The van der Waals surface area contributed by atoms with E-state index < -0.39 is 12.8 Å². The smallest absolute Gasteiger partial charge is 0.387 e. The zero-order valence-corrected chi connectivity index (χ0v) is 17.9. The van der Waals surface area contributed by atoms with Crippen LogP contribution in [-0.2, 0) is 4.74 Å². The largest absolute Gasteiger partial charge is 0.493 e. The van der Waals surface area contributed by atoms with Crippen LogP contribution in [0, 0.1) is 0 Å². The third-order valence-electron chi connectivity index (χ3n) is 5.72. The van der Waals surface area contributed by atoms with Gasteiger partial charge in [-0.05, 0) is 36.2 Å². The Morgan fingerprint density at radius 1 is 1.12 bits per heavy atom. The van der Waals surface area contributed by atoms with Crippen LogP contribution in [0.1, 0.15) is 28.5 Å². The lowest BCUT2D eigenvalue weighted by Crippen LogP contribution is -2.44. The summed E-state index contributed by atoms with van der Waals surface area (Å²) in [6.45, 7) is 1.59. The quantitative estimate of drug-likeness (QED) is 0.668. The van der Waals surface area contributed by atoms with Crippen molar-refractivity contribution in [2.45, 2.75) is 19.2 Å². The number of amides is 1. The molecule has 7 nitrogen and oxygen atoms in total. The number of nitrogens with one attached hydrogen (secondary N) is 1. The molecule has 0 saturated carbocycles. The Balaban J connectivity index is 1.59. The predicted molar refractivity (Wildman–Crippen MR) is 115 cm³/mol. The molecule has 0 unspecified atom stereocenters. The maximum absolute atomic E-state index is 13.3. The van der Waals surface area contributed by atoms with Gasteiger partial charge >= 0.3 is 6.61 Å². The monoisotopic (exact) mass is 447 g/mol. The minimum Gasteiger partial charge on any atom is -0.493 e. The number of carbonyl (C=O) groups is 1. The molecule has 0 bridgehead atoms. The van der Waals surface area contributed by atoms with Gasteiger partial charge in [0.15, 0.2) is 11.5 Å². The molecule has 1 saturated heterocycles. The fourth-order valence-electron chi connectivity index (χ4n) is 4.13. The fourth-order valence-corrected chi connectivity index (χ4v) is 4.13. The van der Waals surface area contributed by atoms with Crippen molar-refractivity contribution in [3.8, 4) is 11.5 Å². The van der Waals surface area contributed by atoms with Gasteiger partial charge in [0.1, 0.15) is 6.17 Å². The molecule has 0 aromatic heterocycles. The standard InChI is InChI=1S/C23H27F2N3O4/c1-30-19-8-7-16(15-20(19)32-23(24)25)21-26-18-6-3-2-5-17(18)22(29)28(21)10-4-9-27-11-13-31-14-12-27/h2-3,5-8,15,21,23,26H,4,9-14H2,1H3/t21-/m1/s1. The third-order valence-corrected chi connectivity index (χ3v) is 5.72. The van der Waals surface area contributed by atoms with Gasteiger partial charge in [0, 0.05) is 31.9 Å². The van der Waals surface area contributed by atoms with E-state index in [9.17, 15) is 13.6 Å². The van der Waals surface area contributed by atoms with Gasteiger partial charge in [-0.25, -0.2) is 0 Å². The number of alkyl halides is 2. The van der Waals surface area contributed by atoms with Crippen LogP contribution in [-0.4, -0.2) is 68.8 Å². The Morgan fingerprint density at radius 2 is 1.91 bits per heavy atom. The van der Waals surface area contributed by atoms with Gasteiger partial charge in [-0.1, -0.05) is 18.2 Å². The van der Waals surface area contributed by atoms with Gasteiger partial charge in [-0.3, -0.25) is 9.69 Å². The number of hydrogen-bond acceptors (Lipinski definition) is 6. The second kappa shape index (κ2) is 10.1. The summed E-state index contributed by atoms with van der Waals surface area (Å²) in [5, 5.41) is 3.39. The van der Waals surface area contributed by atoms with Crippen molar-refractivity contribution in [3.63, 3.8) is 0 Å². The Bertz CT molecular complexity index is 937. The van der Waals surface area contributed by atoms with E-state index in [0.717, 1.165) is 39.3 Å². The van der Waals surface area contributed by atoms with Crippen molar-refractivity contribution in [2.24, 2.45) is 0 Å². The maximum atomic E-state index is 13.3. The van der Waals surface area contributed by atoms with Gasteiger partial charge in [-0.2, -0.15) is 8.78 Å². The molecule has 2 aromatic rings. The number of benzene rings is 2. The van der Waals surface area contributed by atoms with Crippen molar-refractivity contribution in [1.29, 1.82) is 0 Å². The lowest BCUT2D eigenvalue weighted by molar-refractivity contribution is -0.0513. The molecular formula is C23H27F2N3O4. The number of nitrogens with zero attached hydrogens (tertiary/aromatic N) is 2. The van der Waals surface area contributed by atoms with Gasteiger partial charge in [0.05, 0.1) is 25.9 Å². The van der Waals surface area contributed by atoms with Crippen molar-refractivity contribution >= 4 is 11.6 Å². The minimum absolute atomic E-state index is 0.0682. The first-order valence-electron chi connectivity index (χ1n) is 10.7. The van der Waals surface area contributed by atoms with Crippen molar-refractivity contribution in [1.82, 2.24) is 9.80 Å². The van der Waals surface area contributed by atoms with Crippen LogP contribution in [0.3, 0.4) is 0 Å². The highest BCUT2D eigenvalue weighted by Crippen LogP contribution is 2.37. The summed E-state index contributed by atoms with van der Waals surface area (Å²) in [6.07, 6.45) is 0.260. The fraction of sp³-hybridized carbons (Fsp3) is 0.435. The molecule has 2 aliphatic rings. The lowest BCUT2D eigenvalue weighted by atomic mass is 10.0. The summed E-state index contributed by atoms with van der Waals surface area (Å²) in [4.78, 5) is 17.4. The number of halogens is 2. The van der Waals surface area contributed by atoms with Crippen molar-refractivity contribution in [3.05, 3.63) is 53.6 Å². The molecule has 1 atom stereocenters. The van der Waals surface area contributed by atoms with Crippen LogP contribution < -0.4 is 14.8 Å². The molecule has 9 heteroatoms. The first-order chi connectivity index (χ1) is 15.6. The SMILES string of the molecule is COc1ccc([C@@H]2Nc3ccccc3C(=O)N2CCCN2CCOCC2)cc1OC(F)F. The van der Waals surface area contributed by atoms with Gasteiger partial charge in [0.25, 0.3) is 5.91 Å². The molecule has 1 N–H and O–H groups in total. The highest BCUT2D eigenvalue weighted by molar-refractivity contribution is 6.01. The molecular weight excluding hydrogens is 420 g/mol. The van der Waals surface area contributed by atoms with E-state index in [-0.39, 0.29) is 17.4 Å². The Morgan fingerprint density at radius 3 is 2.66 bits per heavy atom. The van der Waals surface area contributed by atoms with Crippen molar-refractivity contribution < 1.29 is 27.8 Å². The molecule has 0 radical (unpaired) electrons. The van der Waals surface area contributed by atoms with Gasteiger partial charge in [-0.15, -0.1) is 0 Å². The number of rotatable bonds is 8. The molecule has 32 heavy (non-hydrogen) atoms. The zero-order chi connectivity index (χ0) is 22.5. The topological polar surface area (TPSA) is 63.3 Å². The molecule has 0 spiro atoms. The van der Waals surface area contributed by atoms with Gasteiger partial charge < -0.3 is 24.4 Å². The third kappa shape index (κ3) is 4.94. The number of hydrogen-bond donors (Lipinski definition) is 1. The summed E-state index contributed by atoms with van der Waals surface area (Å²) in [5.41, 5.74) is 1.93. The number of anilines is 1. The van der Waals surface area contributed by atoms with E-state index >= 15 is 0 Å². The van der Waals surface area contributed by atoms with E-state index in [1.165, 1.54) is 13.2 Å². The Hall–Kier alpha value is -2.91. The number of ether oxygens (including phenoxy) is 3. The van der Waals surface area contributed by atoms with E-state index in [2.05, 4.69) is 15.0 Å². The molecule has 1 amide bonds. The van der Waals surface area contributed by atoms with Crippen LogP contribution in [0.5, 0.6) is 11.5 Å². The van der Waals surface area contributed by atoms with Crippen LogP contribution >= 0.6 is 0 Å². The average Bonchev–Trinajstić information content (AvgIpc) is 2.80. The summed E-state index contributed by atoms with van der Waals surface area (Å²) in [5.74, 6) is 0.0373. The normalized spacial score (nSPS) is 18.9. The number of methoxy groups -OCH3 is 1. The van der Waals surface area contributed by atoms with Crippen molar-refractivity contribution in [2.75, 3.05) is 51.8 Å². The molecule has 0 aliphatic carbocycles. The Labute approximate surface area is 185 Å². The summed E-state index contributed by atoms with van der Waals surface area (Å²) < 4.78 is 41.0. The van der Waals surface area contributed by atoms with E-state index in [4.69, 9.17) is 9.47 Å². The molecule has 172 valence electrons. The van der Waals surface area contributed by atoms with E-state index in [1.807, 2.05) is 18.2 Å². The first-order valence-corrected chi connectivity index (χ1v) is 10.7. The molecule has 4 rings (SSSR count). The van der Waals surface area contributed by atoms with Crippen LogP contribution in [0.15, 0.2) is 42.5 Å². The lowest BCUT2D eigenvalue weighted by Gasteiger charge is -2.39. The van der Waals surface area contributed by atoms with Crippen LogP contribution in [0.25, 0.3) is 0 Å². The molecule has 2 aromatic carbocycles. The molecule has 2 aliphatic heterocycles. The van der Waals surface area contributed by atoms with Gasteiger partial charge in [0.2, 0.25) is 0 Å². The highest BCUT2D eigenvalue weighted by atomic mass is 19.3. The summed E-state index contributed by atoms with van der Waals surface area (Å²) >= 11 is 0. The summed E-state index contributed by atoms with van der Waals surface area (Å²) in [6, 6.07) is 12.1. The zero-order valence-electron chi connectivity index (χ0n) is 17.9. The Kier molecular flexibility index (Phi) is 7.06. The first kappa shape index (κ1) is 22.3. The second-order valence-electron chi connectivity index (χ2n) is 7.69. The summed E-state index contributed by atoms with van der Waals surface area (Å²) in [7, 11) is 1.39. The van der Waals surface area contributed by atoms with Crippen LogP contribution in [0.4, 0.5) is 14.5 Å². The minimum atomic E-state index is -2.98. The number of morpholine rings is 1. The maximum Gasteiger partial charge on any atom is 0.387 e.